The van der Waals surface area contributed by atoms with Gasteiger partial charge in [0.15, 0.2) is 0 Å². The van der Waals surface area contributed by atoms with E-state index in [-0.39, 0.29) is 0 Å². The zero-order valence-electron chi connectivity index (χ0n) is 12.5. The maximum absolute atomic E-state index is 5.87. The Hall–Kier alpha value is -1.98. The van der Waals surface area contributed by atoms with Gasteiger partial charge in [0.2, 0.25) is 0 Å². The summed E-state index contributed by atoms with van der Waals surface area (Å²) < 4.78 is 10.9. The number of hydrogen-bond acceptors (Lipinski definition) is 5. The van der Waals surface area contributed by atoms with E-state index >= 15 is 0 Å². The molecular formula is C16H21N3O2. The first-order chi connectivity index (χ1) is 10.3. The quantitative estimate of drug-likeness (QED) is 0.754. The molecule has 0 aliphatic heterocycles. The summed E-state index contributed by atoms with van der Waals surface area (Å²) in [6, 6.07) is 7.81. The van der Waals surface area contributed by atoms with Gasteiger partial charge in [0.1, 0.15) is 12.4 Å². The highest BCUT2D eigenvalue weighted by atomic mass is 16.5. The summed E-state index contributed by atoms with van der Waals surface area (Å²) in [6.45, 7) is 4.62. The van der Waals surface area contributed by atoms with Crippen molar-refractivity contribution in [3.05, 3.63) is 53.6 Å². The van der Waals surface area contributed by atoms with Crippen LogP contribution in [0.1, 0.15) is 17.0 Å². The molecule has 0 aliphatic rings. The van der Waals surface area contributed by atoms with Crippen LogP contribution >= 0.6 is 0 Å². The lowest BCUT2D eigenvalue weighted by Gasteiger charge is -2.12. The van der Waals surface area contributed by atoms with Crippen LogP contribution in [0.25, 0.3) is 0 Å². The minimum absolute atomic E-state index is 0.512. The predicted octanol–water partition coefficient (Wildman–Crippen LogP) is 2.10. The molecule has 0 atom stereocenters. The first-order valence-corrected chi connectivity index (χ1v) is 6.97. The molecule has 2 heterocycles. The van der Waals surface area contributed by atoms with Gasteiger partial charge in [-0.1, -0.05) is 0 Å². The van der Waals surface area contributed by atoms with Crippen LogP contribution in [0.5, 0.6) is 5.75 Å². The maximum Gasteiger partial charge on any atom is 0.142 e. The van der Waals surface area contributed by atoms with Crippen molar-refractivity contribution in [2.24, 2.45) is 0 Å². The lowest BCUT2D eigenvalue weighted by Crippen LogP contribution is -2.20. The highest BCUT2D eigenvalue weighted by Crippen LogP contribution is 2.18. The van der Waals surface area contributed by atoms with Gasteiger partial charge in [-0.3, -0.25) is 9.97 Å². The van der Waals surface area contributed by atoms with Crippen molar-refractivity contribution in [2.45, 2.75) is 20.1 Å². The number of aromatic nitrogens is 2. The molecule has 0 unspecified atom stereocenters. The lowest BCUT2D eigenvalue weighted by atomic mass is 10.2. The molecule has 2 rings (SSSR count). The van der Waals surface area contributed by atoms with Gasteiger partial charge < -0.3 is 14.8 Å². The molecule has 0 spiro atoms. The molecule has 1 N–H and O–H groups in total. The Morgan fingerprint density at radius 2 is 1.95 bits per heavy atom. The molecule has 0 saturated heterocycles. The van der Waals surface area contributed by atoms with Gasteiger partial charge in [-0.25, -0.2) is 0 Å². The first kappa shape index (κ1) is 15.4. The minimum atomic E-state index is 0.512. The molecule has 2 aromatic heterocycles. The highest BCUT2D eigenvalue weighted by Gasteiger charge is 2.06. The fourth-order valence-electron chi connectivity index (χ4n) is 1.88. The summed E-state index contributed by atoms with van der Waals surface area (Å²) in [5.74, 6) is 0.808. The van der Waals surface area contributed by atoms with Crippen LogP contribution in [0, 0.1) is 6.92 Å². The highest BCUT2D eigenvalue weighted by molar-refractivity contribution is 5.29. The predicted molar refractivity (Wildman–Crippen MR) is 81.1 cm³/mol. The largest absolute Gasteiger partial charge is 0.487 e. The SMILES string of the molecule is COCCNCc1nc(C)ccc1OCc1ccncc1. The zero-order chi connectivity index (χ0) is 14.9. The third-order valence-electron chi connectivity index (χ3n) is 2.99. The van der Waals surface area contributed by atoms with E-state index in [0.717, 1.165) is 29.2 Å². The van der Waals surface area contributed by atoms with Crippen molar-refractivity contribution in [3.8, 4) is 5.75 Å². The summed E-state index contributed by atoms with van der Waals surface area (Å²) in [5.41, 5.74) is 2.99. The molecule has 5 heteroatoms. The summed E-state index contributed by atoms with van der Waals surface area (Å²) in [5, 5.41) is 3.29. The average molecular weight is 287 g/mol. The van der Waals surface area contributed by atoms with Crippen molar-refractivity contribution in [1.82, 2.24) is 15.3 Å². The lowest BCUT2D eigenvalue weighted by molar-refractivity contribution is 0.198. The van der Waals surface area contributed by atoms with Crippen molar-refractivity contribution < 1.29 is 9.47 Å². The molecule has 0 aromatic carbocycles. The fourth-order valence-corrected chi connectivity index (χ4v) is 1.88. The Morgan fingerprint density at radius 1 is 1.14 bits per heavy atom. The number of pyridine rings is 2. The van der Waals surface area contributed by atoms with Crippen LogP contribution < -0.4 is 10.1 Å². The number of methoxy groups -OCH3 is 1. The smallest absolute Gasteiger partial charge is 0.142 e. The fraction of sp³-hybridized carbons (Fsp3) is 0.375. The number of nitrogens with one attached hydrogen (secondary N) is 1. The van der Waals surface area contributed by atoms with E-state index in [0.29, 0.717) is 19.8 Å². The van der Waals surface area contributed by atoms with Crippen molar-refractivity contribution >= 4 is 0 Å². The van der Waals surface area contributed by atoms with E-state index in [1.54, 1.807) is 19.5 Å². The van der Waals surface area contributed by atoms with Gasteiger partial charge in [-0.2, -0.15) is 0 Å². The number of rotatable bonds is 8. The van der Waals surface area contributed by atoms with Crippen LogP contribution in [0.2, 0.25) is 0 Å². The Bertz CT molecular complexity index is 546. The molecule has 112 valence electrons. The summed E-state index contributed by atoms with van der Waals surface area (Å²) in [6.07, 6.45) is 3.53. The zero-order valence-corrected chi connectivity index (χ0v) is 12.5. The van der Waals surface area contributed by atoms with E-state index in [1.165, 1.54) is 0 Å². The Kier molecular flexibility index (Phi) is 6.12. The van der Waals surface area contributed by atoms with E-state index in [2.05, 4.69) is 15.3 Å². The minimum Gasteiger partial charge on any atom is -0.487 e. The second kappa shape index (κ2) is 8.34. The molecule has 0 amide bonds. The average Bonchev–Trinajstić information content (AvgIpc) is 2.52. The summed E-state index contributed by atoms with van der Waals surface area (Å²) in [4.78, 5) is 8.54. The third kappa shape index (κ3) is 5.13. The first-order valence-electron chi connectivity index (χ1n) is 6.97. The second-order valence-corrected chi connectivity index (χ2v) is 4.71. The van der Waals surface area contributed by atoms with Gasteiger partial charge in [0.25, 0.3) is 0 Å². The van der Waals surface area contributed by atoms with Gasteiger partial charge in [-0.05, 0) is 36.8 Å². The molecule has 0 radical (unpaired) electrons. The van der Waals surface area contributed by atoms with Gasteiger partial charge >= 0.3 is 0 Å². The molecule has 5 nitrogen and oxygen atoms in total. The maximum atomic E-state index is 5.87. The number of ether oxygens (including phenoxy) is 2. The van der Waals surface area contributed by atoms with Crippen molar-refractivity contribution in [2.75, 3.05) is 20.3 Å². The Morgan fingerprint density at radius 3 is 2.71 bits per heavy atom. The summed E-state index contributed by atoms with van der Waals surface area (Å²) >= 11 is 0. The third-order valence-corrected chi connectivity index (χ3v) is 2.99. The standard InChI is InChI=1S/C16H21N3O2/c1-13-3-4-16(15(19-13)11-18-9-10-20-2)21-12-14-5-7-17-8-6-14/h3-8,18H,9-12H2,1-2H3. The van der Waals surface area contributed by atoms with Crippen LogP contribution in [0.15, 0.2) is 36.7 Å². The van der Waals surface area contributed by atoms with Crippen LogP contribution in [-0.4, -0.2) is 30.2 Å². The Balaban J connectivity index is 1.97. The number of hydrogen-bond donors (Lipinski definition) is 1. The number of aryl methyl sites for hydroxylation is 1. The van der Waals surface area contributed by atoms with Gasteiger partial charge in [-0.15, -0.1) is 0 Å². The molecule has 0 saturated carbocycles. The van der Waals surface area contributed by atoms with E-state index in [9.17, 15) is 0 Å². The number of nitrogens with zero attached hydrogens (tertiary/aromatic N) is 2. The molecule has 0 fully saturated rings. The van der Waals surface area contributed by atoms with Crippen LogP contribution in [0.4, 0.5) is 0 Å². The topological polar surface area (TPSA) is 56.3 Å². The molecular weight excluding hydrogens is 266 g/mol. The van der Waals surface area contributed by atoms with Gasteiger partial charge in [0, 0.05) is 38.3 Å². The monoisotopic (exact) mass is 287 g/mol. The summed E-state index contributed by atoms with van der Waals surface area (Å²) in [7, 11) is 1.69. The van der Waals surface area contributed by atoms with Crippen molar-refractivity contribution in [3.63, 3.8) is 0 Å². The Labute approximate surface area is 125 Å². The van der Waals surface area contributed by atoms with Crippen LogP contribution in [-0.2, 0) is 17.9 Å². The molecule has 0 aliphatic carbocycles. The molecule has 0 bridgehead atoms. The second-order valence-electron chi connectivity index (χ2n) is 4.71. The van der Waals surface area contributed by atoms with E-state index < -0.39 is 0 Å². The van der Waals surface area contributed by atoms with E-state index in [4.69, 9.17) is 9.47 Å². The molecule has 2 aromatic rings. The van der Waals surface area contributed by atoms with Crippen molar-refractivity contribution in [1.29, 1.82) is 0 Å². The normalized spacial score (nSPS) is 10.6. The van der Waals surface area contributed by atoms with Crippen LogP contribution in [0.3, 0.4) is 0 Å². The van der Waals surface area contributed by atoms with E-state index in [1.807, 2.05) is 31.2 Å². The van der Waals surface area contributed by atoms with Gasteiger partial charge in [0.05, 0.1) is 12.3 Å². The molecule has 21 heavy (non-hydrogen) atoms.